The summed E-state index contributed by atoms with van der Waals surface area (Å²) < 4.78 is 9.46. The van der Waals surface area contributed by atoms with Crippen molar-refractivity contribution in [3.8, 4) is 12.3 Å². The van der Waals surface area contributed by atoms with Crippen LogP contribution < -0.4 is 0 Å². The molecule has 0 unspecified atom stereocenters. The quantitative estimate of drug-likeness (QED) is 0.303. The summed E-state index contributed by atoms with van der Waals surface area (Å²) in [4.78, 5) is 0. The molecule has 2 heteroatoms. The van der Waals surface area contributed by atoms with Crippen molar-refractivity contribution >= 4 is 0 Å². The first kappa shape index (κ1) is 7.48. The predicted octanol–water partition coefficient (Wildman–Crippen LogP) is 0.630. The fourth-order valence-electron chi connectivity index (χ4n) is 0.273. The summed E-state index contributed by atoms with van der Waals surface area (Å²) in [6, 6.07) is 0. The topological polar surface area (TPSA) is 18.5 Å². The lowest BCUT2D eigenvalue weighted by molar-refractivity contribution is -0.0281. The molecule has 2 nitrogen and oxygen atoms in total. The van der Waals surface area contributed by atoms with E-state index in [1.54, 1.807) is 7.11 Å². The first-order valence-electron chi connectivity index (χ1n) is 2.42. The van der Waals surface area contributed by atoms with Crippen LogP contribution in [0.15, 0.2) is 0 Å². The van der Waals surface area contributed by atoms with E-state index in [2.05, 4.69) is 10.7 Å². The summed E-state index contributed by atoms with van der Waals surface area (Å²) in [6.45, 7) is 0.923. The van der Waals surface area contributed by atoms with E-state index in [4.69, 9.17) is 11.2 Å². The number of ether oxygens (including phenoxy) is 2. The number of rotatable bonds is 4. The zero-order chi connectivity index (χ0) is 6.24. The van der Waals surface area contributed by atoms with Crippen LogP contribution in [0.5, 0.6) is 0 Å². The van der Waals surface area contributed by atoms with Crippen molar-refractivity contribution < 1.29 is 9.47 Å². The molecule has 0 spiro atoms. The molecule has 0 rings (SSSR count). The van der Waals surface area contributed by atoms with Gasteiger partial charge in [0.2, 0.25) is 0 Å². The first-order valence-corrected chi connectivity index (χ1v) is 2.42. The molecule has 0 fully saturated rings. The zero-order valence-corrected chi connectivity index (χ0v) is 5.02. The van der Waals surface area contributed by atoms with Crippen LogP contribution in [0.25, 0.3) is 0 Å². The van der Waals surface area contributed by atoms with Crippen molar-refractivity contribution in [3.05, 3.63) is 0 Å². The standard InChI is InChI=1S/C6H10O2/c1-3-4-5-8-6-7-2/h1H,4-6H2,2H3. The molecule has 0 atom stereocenters. The van der Waals surface area contributed by atoms with Gasteiger partial charge in [-0.25, -0.2) is 0 Å². The monoisotopic (exact) mass is 114 g/mol. The Labute approximate surface area is 49.8 Å². The highest BCUT2D eigenvalue weighted by molar-refractivity contribution is 4.82. The maximum absolute atomic E-state index is 4.94. The molecular formula is C6H10O2. The molecule has 0 aromatic carbocycles. The van der Waals surface area contributed by atoms with Crippen molar-refractivity contribution in [2.75, 3.05) is 20.5 Å². The molecule has 0 N–H and O–H groups in total. The second-order valence-electron chi connectivity index (χ2n) is 1.27. The Kier molecular flexibility index (Phi) is 6.06. The summed E-state index contributed by atoms with van der Waals surface area (Å²) in [5, 5.41) is 0. The van der Waals surface area contributed by atoms with E-state index in [0.717, 1.165) is 0 Å². The minimum atomic E-state index is 0.335. The molecule has 0 saturated heterocycles. The molecule has 0 heterocycles. The number of terminal acetylenes is 1. The Morgan fingerprint density at radius 2 is 2.38 bits per heavy atom. The summed E-state index contributed by atoms with van der Waals surface area (Å²) >= 11 is 0. The van der Waals surface area contributed by atoms with Gasteiger partial charge in [-0.05, 0) is 0 Å². The van der Waals surface area contributed by atoms with E-state index in [0.29, 0.717) is 19.8 Å². The lowest BCUT2D eigenvalue weighted by atomic mass is 10.5. The predicted molar refractivity (Wildman–Crippen MR) is 31.3 cm³/mol. The number of methoxy groups -OCH3 is 1. The largest absolute Gasteiger partial charge is 0.359 e. The molecule has 0 aliphatic carbocycles. The van der Waals surface area contributed by atoms with Crippen molar-refractivity contribution in [1.82, 2.24) is 0 Å². The Morgan fingerprint density at radius 1 is 1.62 bits per heavy atom. The molecule has 0 aromatic rings. The summed E-state index contributed by atoms with van der Waals surface area (Å²) in [5.74, 6) is 2.45. The molecule has 0 aliphatic heterocycles. The van der Waals surface area contributed by atoms with Gasteiger partial charge in [0.25, 0.3) is 0 Å². The van der Waals surface area contributed by atoms with Crippen LogP contribution in [-0.2, 0) is 9.47 Å². The third-order valence-corrected chi connectivity index (χ3v) is 0.592. The fourth-order valence-corrected chi connectivity index (χ4v) is 0.273. The Hall–Kier alpha value is -0.520. The highest BCUT2D eigenvalue weighted by atomic mass is 16.7. The maximum atomic E-state index is 4.94. The summed E-state index contributed by atoms with van der Waals surface area (Å²) in [5.41, 5.74) is 0. The normalized spacial score (nSPS) is 8.50. The van der Waals surface area contributed by atoms with Gasteiger partial charge < -0.3 is 9.47 Å². The van der Waals surface area contributed by atoms with Gasteiger partial charge in [-0.2, -0.15) is 0 Å². The van der Waals surface area contributed by atoms with Gasteiger partial charge in [0.1, 0.15) is 6.79 Å². The molecule has 0 bridgehead atoms. The zero-order valence-electron chi connectivity index (χ0n) is 5.02. The minimum Gasteiger partial charge on any atom is -0.359 e. The van der Waals surface area contributed by atoms with E-state index in [1.807, 2.05) is 0 Å². The van der Waals surface area contributed by atoms with Gasteiger partial charge in [-0.1, -0.05) is 0 Å². The maximum Gasteiger partial charge on any atom is 0.146 e. The van der Waals surface area contributed by atoms with E-state index < -0.39 is 0 Å². The Bertz CT molecular complexity index is 73.1. The molecule has 46 valence electrons. The van der Waals surface area contributed by atoms with Crippen LogP contribution in [0.4, 0.5) is 0 Å². The Morgan fingerprint density at radius 3 is 2.88 bits per heavy atom. The van der Waals surface area contributed by atoms with Crippen molar-refractivity contribution in [1.29, 1.82) is 0 Å². The average molecular weight is 114 g/mol. The van der Waals surface area contributed by atoms with Gasteiger partial charge in [0.05, 0.1) is 6.61 Å². The third-order valence-electron chi connectivity index (χ3n) is 0.592. The van der Waals surface area contributed by atoms with E-state index in [9.17, 15) is 0 Å². The minimum absolute atomic E-state index is 0.335. The number of hydrogen-bond acceptors (Lipinski definition) is 2. The molecule has 0 aromatic heterocycles. The van der Waals surface area contributed by atoms with Crippen LogP contribution in [-0.4, -0.2) is 20.5 Å². The fraction of sp³-hybridized carbons (Fsp3) is 0.667. The SMILES string of the molecule is C#CCCOCOC. The second-order valence-corrected chi connectivity index (χ2v) is 1.27. The number of hydrogen-bond donors (Lipinski definition) is 0. The van der Waals surface area contributed by atoms with E-state index in [-0.39, 0.29) is 0 Å². The average Bonchev–Trinajstić information content (AvgIpc) is 1.81. The van der Waals surface area contributed by atoms with Crippen LogP contribution >= 0.6 is 0 Å². The molecule has 0 radical (unpaired) electrons. The lowest BCUT2D eigenvalue weighted by Gasteiger charge is -1.96. The second kappa shape index (κ2) is 6.48. The molecule has 0 aliphatic rings. The third kappa shape index (κ3) is 5.48. The smallest absolute Gasteiger partial charge is 0.146 e. The highest BCUT2D eigenvalue weighted by Crippen LogP contribution is 1.78. The lowest BCUT2D eigenvalue weighted by Crippen LogP contribution is -1.96. The van der Waals surface area contributed by atoms with Crippen LogP contribution in [0.3, 0.4) is 0 Å². The van der Waals surface area contributed by atoms with Gasteiger partial charge in [-0.15, -0.1) is 12.3 Å². The molecule has 0 amide bonds. The molecular weight excluding hydrogens is 104 g/mol. The first-order chi connectivity index (χ1) is 3.91. The van der Waals surface area contributed by atoms with Crippen molar-refractivity contribution in [3.63, 3.8) is 0 Å². The van der Waals surface area contributed by atoms with E-state index in [1.165, 1.54) is 0 Å². The van der Waals surface area contributed by atoms with Gasteiger partial charge in [-0.3, -0.25) is 0 Å². The molecule has 8 heavy (non-hydrogen) atoms. The van der Waals surface area contributed by atoms with Gasteiger partial charge in [0.15, 0.2) is 0 Å². The van der Waals surface area contributed by atoms with Crippen LogP contribution in [0.1, 0.15) is 6.42 Å². The van der Waals surface area contributed by atoms with Gasteiger partial charge >= 0.3 is 0 Å². The van der Waals surface area contributed by atoms with Crippen LogP contribution in [0.2, 0.25) is 0 Å². The Balaban J connectivity index is 2.65. The summed E-state index contributed by atoms with van der Waals surface area (Å²) in [6.07, 6.45) is 5.60. The van der Waals surface area contributed by atoms with Crippen LogP contribution in [0, 0.1) is 12.3 Å². The van der Waals surface area contributed by atoms with Crippen molar-refractivity contribution in [2.45, 2.75) is 6.42 Å². The summed E-state index contributed by atoms with van der Waals surface area (Å²) in [7, 11) is 1.58. The molecule has 0 saturated carbocycles. The highest BCUT2D eigenvalue weighted by Gasteiger charge is 1.79. The van der Waals surface area contributed by atoms with E-state index >= 15 is 0 Å². The van der Waals surface area contributed by atoms with Crippen molar-refractivity contribution in [2.24, 2.45) is 0 Å². The van der Waals surface area contributed by atoms with Gasteiger partial charge in [0, 0.05) is 13.5 Å².